The third-order valence-corrected chi connectivity index (χ3v) is 4.66. The van der Waals surface area contributed by atoms with E-state index in [1.165, 1.54) is 17.0 Å². The number of piperidine rings is 1. The molecule has 2 rings (SSSR count). The van der Waals surface area contributed by atoms with Gasteiger partial charge < -0.3 is 16.0 Å². The maximum atomic E-state index is 12.8. The third kappa shape index (κ3) is 5.03. The van der Waals surface area contributed by atoms with Gasteiger partial charge in [0, 0.05) is 25.3 Å². The maximum absolute atomic E-state index is 12.8. The minimum absolute atomic E-state index is 0.0136. The number of quaternary nitrogens is 1. The summed E-state index contributed by atoms with van der Waals surface area (Å²) < 4.78 is 12.8. The molecule has 0 radical (unpaired) electrons. The minimum atomic E-state index is -0.255. The van der Waals surface area contributed by atoms with Crippen LogP contribution < -0.4 is 16.0 Å². The van der Waals surface area contributed by atoms with Crippen LogP contribution in [0.15, 0.2) is 24.3 Å². The van der Waals surface area contributed by atoms with Crippen LogP contribution in [0.4, 0.5) is 4.39 Å². The van der Waals surface area contributed by atoms with E-state index in [2.05, 4.69) is 5.32 Å². The van der Waals surface area contributed by atoms with Crippen LogP contribution in [0.1, 0.15) is 25.3 Å². The average Bonchev–Trinajstić information content (AvgIpc) is 2.56. The molecule has 5 nitrogen and oxygen atoms in total. The second-order valence-corrected chi connectivity index (χ2v) is 6.22. The molecule has 1 aromatic rings. The molecule has 4 N–H and O–H groups in total. The number of halogens is 1. The molecular formula is C17H25FN3O2+. The molecular weight excluding hydrogens is 297 g/mol. The van der Waals surface area contributed by atoms with Crippen LogP contribution >= 0.6 is 0 Å². The Morgan fingerprint density at radius 3 is 2.48 bits per heavy atom. The van der Waals surface area contributed by atoms with Gasteiger partial charge in [-0.2, -0.15) is 0 Å². The molecule has 1 saturated heterocycles. The molecule has 0 spiro atoms. The van der Waals surface area contributed by atoms with Crippen molar-refractivity contribution < 1.29 is 18.9 Å². The van der Waals surface area contributed by atoms with Gasteiger partial charge in [0.25, 0.3) is 5.91 Å². The van der Waals surface area contributed by atoms with Crippen molar-refractivity contribution in [2.24, 2.45) is 11.7 Å². The fourth-order valence-electron chi connectivity index (χ4n) is 3.03. The number of benzene rings is 1. The number of nitrogens with one attached hydrogen (secondary N) is 2. The largest absolute Gasteiger partial charge is 0.369 e. The highest BCUT2D eigenvalue weighted by atomic mass is 19.1. The van der Waals surface area contributed by atoms with Crippen LogP contribution in [0.3, 0.4) is 0 Å². The van der Waals surface area contributed by atoms with Crippen molar-refractivity contribution in [1.82, 2.24) is 5.32 Å². The average molecular weight is 322 g/mol. The summed E-state index contributed by atoms with van der Waals surface area (Å²) in [5.74, 6) is -0.526. The van der Waals surface area contributed by atoms with Gasteiger partial charge in [-0.05, 0) is 31.0 Å². The van der Waals surface area contributed by atoms with Gasteiger partial charge >= 0.3 is 0 Å². The summed E-state index contributed by atoms with van der Waals surface area (Å²) in [6.07, 6.45) is 2.17. The number of amides is 2. The van der Waals surface area contributed by atoms with Crippen LogP contribution in [-0.4, -0.2) is 37.5 Å². The predicted octanol–water partition coefficient (Wildman–Crippen LogP) is -0.347. The Bertz CT molecular complexity index is 539. The monoisotopic (exact) mass is 322 g/mol. The number of hydrogen-bond donors (Lipinski definition) is 3. The van der Waals surface area contributed by atoms with E-state index in [0.29, 0.717) is 13.0 Å². The lowest BCUT2D eigenvalue weighted by atomic mass is 9.95. The zero-order chi connectivity index (χ0) is 16.8. The van der Waals surface area contributed by atoms with Crippen molar-refractivity contribution >= 4 is 11.8 Å². The van der Waals surface area contributed by atoms with Gasteiger partial charge in [-0.1, -0.05) is 12.1 Å². The van der Waals surface area contributed by atoms with E-state index in [1.54, 1.807) is 12.1 Å². The fourth-order valence-corrected chi connectivity index (χ4v) is 3.03. The highest BCUT2D eigenvalue weighted by Crippen LogP contribution is 2.08. The van der Waals surface area contributed by atoms with Gasteiger partial charge in [0.2, 0.25) is 5.91 Å². The number of hydrogen-bond acceptors (Lipinski definition) is 2. The molecule has 0 saturated carbocycles. The summed E-state index contributed by atoms with van der Waals surface area (Å²) in [6, 6.07) is 6.16. The lowest BCUT2D eigenvalue weighted by molar-refractivity contribution is -0.919. The first-order chi connectivity index (χ1) is 11.0. The van der Waals surface area contributed by atoms with E-state index in [-0.39, 0.29) is 29.6 Å². The molecule has 6 heteroatoms. The molecule has 1 aliphatic rings. The van der Waals surface area contributed by atoms with E-state index in [0.717, 1.165) is 31.5 Å². The van der Waals surface area contributed by atoms with Gasteiger partial charge in [0.1, 0.15) is 5.82 Å². The Labute approximate surface area is 136 Å². The lowest BCUT2D eigenvalue weighted by Crippen LogP contribution is -3.17. The number of carbonyl (C=O) groups excluding carboxylic acids is 2. The number of nitrogens with two attached hydrogens (primary N) is 1. The first-order valence-corrected chi connectivity index (χ1v) is 8.13. The molecule has 0 bridgehead atoms. The van der Waals surface area contributed by atoms with Crippen LogP contribution in [0.5, 0.6) is 0 Å². The molecule has 0 aromatic heterocycles. The first-order valence-electron chi connectivity index (χ1n) is 8.13. The number of rotatable bonds is 6. The normalized spacial score (nSPS) is 22.3. The van der Waals surface area contributed by atoms with E-state index < -0.39 is 0 Å². The topological polar surface area (TPSA) is 76.6 Å². The third-order valence-electron chi connectivity index (χ3n) is 4.66. The Kier molecular flexibility index (Phi) is 6.10. The van der Waals surface area contributed by atoms with Crippen LogP contribution in [0.25, 0.3) is 0 Å². The molecule has 1 aromatic carbocycles. The molecule has 2 amide bonds. The summed E-state index contributed by atoms with van der Waals surface area (Å²) in [4.78, 5) is 24.6. The van der Waals surface area contributed by atoms with Crippen LogP contribution in [0, 0.1) is 11.7 Å². The van der Waals surface area contributed by atoms with E-state index in [9.17, 15) is 14.0 Å². The quantitative estimate of drug-likeness (QED) is 0.670. The predicted molar refractivity (Wildman–Crippen MR) is 85.2 cm³/mol. The van der Waals surface area contributed by atoms with Crippen molar-refractivity contribution in [2.75, 3.05) is 19.6 Å². The van der Waals surface area contributed by atoms with Crippen molar-refractivity contribution in [3.05, 3.63) is 35.6 Å². The van der Waals surface area contributed by atoms with Crippen molar-refractivity contribution in [2.45, 2.75) is 32.2 Å². The van der Waals surface area contributed by atoms with Gasteiger partial charge in [-0.15, -0.1) is 0 Å². The summed E-state index contributed by atoms with van der Waals surface area (Å²) in [5, 5.41) is 2.93. The zero-order valence-electron chi connectivity index (χ0n) is 13.5. The van der Waals surface area contributed by atoms with Crippen molar-refractivity contribution in [3.8, 4) is 0 Å². The fraction of sp³-hybridized carbons (Fsp3) is 0.529. The van der Waals surface area contributed by atoms with Crippen LogP contribution in [0.2, 0.25) is 0 Å². The summed E-state index contributed by atoms with van der Waals surface area (Å²) in [5.41, 5.74) is 6.32. The number of carbonyl (C=O) groups is 2. The van der Waals surface area contributed by atoms with Gasteiger partial charge in [-0.3, -0.25) is 9.59 Å². The van der Waals surface area contributed by atoms with Gasteiger partial charge in [-0.25, -0.2) is 4.39 Å². The molecule has 1 atom stereocenters. The first kappa shape index (κ1) is 17.4. The second-order valence-electron chi connectivity index (χ2n) is 6.22. The van der Waals surface area contributed by atoms with E-state index in [4.69, 9.17) is 5.73 Å². The smallest absolute Gasteiger partial charge is 0.278 e. The highest BCUT2D eigenvalue weighted by Gasteiger charge is 2.31. The molecule has 126 valence electrons. The molecule has 1 heterocycles. The molecule has 1 aliphatic heterocycles. The Morgan fingerprint density at radius 1 is 1.30 bits per heavy atom. The standard InChI is InChI=1S/C17H24FN3O2/c1-12(21-10-7-14(8-11-21)16(19)22)17(23)20-9-6-13-2-4-15(18)5-3-13/h2-5,12,14H,6-11H2,1H3,(H2,19,22)(H,20,23)/p+1/t12-/m1/s1. The highest BCUT2D eigenvalue weighted by molar-refractivity contribution is 5.80. The SMILES string of the molecule is C[C@H](C(=O)NCCc1ccc(F)cc1)[NH+]1CCC(C(N)=O)CC1. The lowest BCUT2D eigenvalue weighted by Gasteiger charge is -2.31. The van der Waals surface area contributed by atoms with E-state index >= 15 is 0 Å². The van der Waals surface area contributed by atoms with Gasteiger partial charge in [0.15, 0.2) is 6.04 Å². The number of primary amides is 1. The Morgan fingerprint density at radius 2 is 1.91 bits per heavy atom. The van der Waals surface area contributed by atoms with E-state index in [1.807, 2.05) is 6.92 Å². The molecule has 0 unspecified atom stereocenters. The number of likely N-dealkylation sites (tertiary alicyclic amines) is 1. The van der Waals surface area contributed by atoms with Crippen LogP contribution in [-0.2, 0) is 16.0 Å². The summed E-state index contributed by atoms with van der Waals surface area (Å²) in [7, 11) is 0. The Balaban J connectivity index is 1.73. The summed E-state index contributed by atoms with van der Waals surface area (Å²) >= 11 is 0. The molecule has 23 heavy (non-hydrogen) atoms. The van der Waals surface area contributed by atoms with Crippen molar-refractivity contribution in [1.29, 1.82) is 0 Å². The van der Waals surface area contributed by atoms with Gasteiger partial charge in [0.05, 0.1) is 13.1 Å². The second kappa shape index (κ2) is 8.06. The Hall–Kier alpha value is -1.95. The molecule has 0 aliphatic carbocycles. The zero-order valence-corrected chi connectivity index (χ0v) is 13.5. The molecule has 1 fully saturated rings. The summed E-state index contributed by atoms with van der Waals surface area (Å²) in [6.45, 7) is 4.03. The van der Waals surface area contributed by atoms with Crippen molar-refractivity contribution in [3.63, 3.8) is 0 Å². The minimum Gasteiger partial charge on any atom is -0.369 e. The maximum Gasteiger partial charge on any atom is 0.278 e.